The summed E-state index contributed by atoms with van der Waals surface area (Å²) in [6.07, 6.45) is 33.6. The van der Waals surface area contributed by atoms with Gasteiger partial charge in [0, 0.05) is 6.42 Å². The Balaban J connectivity index is 1.78. The van der Waals surface area contributed by atoms with Gasteiger partial charge in [-0.05, 0) is 77.0 Å². The minimum absolute atomic E-state index is 0.259. The largest absolute Gasteiger partial charge is 0.394 e. The Morgan fingerprint density at radius 3 is 1.58 bits per heavy atom. The van der Waals surface area contributed by atoms with Crippen LogP contribution in [0.3, 0.4) is 0 Å². The summed E-state index contributed by atoms with van der Waals surface area (Å²) in [5.41, 5.74) is 0. The molecule has 0 aromatic rings. The summed E-state index contributed by atoms with van der Waals surface area (Å²) in [4.78, 5) is 13.2. The minimum atomic E-state index is -1.79. The molecule has 2 heterocycles. The third-order valence-corrected chi connectivity index (χ3v) is 11.8. The fourth-order valence-corrected chi connectivity index (χ4v) is 7.73. The van der Waals surface area contributed by atoms with Crippen LogP contribution in [0.2, 0.25) is 0 Å². The van der Waals surface area contributed by atoms with Gasteiger partial charge < -0.3 is 65.1 Å². The fourth-order valence-electron chi connectivity index (χ4n) is 7.73. The number of nitrogens with one attached hydrogen (secondary N) is 1. The molecule has 2 aliphatic rings. The van der Waals surface area contributed by atoms with E-state index in [-0.39, 0.29) is 18.9 Å². The number of carbonyl (C=O) groups excluding carboxylic acids is 1. The van der Waals surface area contributed by atoms with Crippen LogP contribution in [0.4, 0.5) is 0 Å². The molecule has 0 bridgehead atoms. The molecule has 12 unspecified atom stereocenters. The Hall–Kier alpha value is -2.83. The number of amides is 1. The molecule has 0 radical (unpaired) electrons. The summed E-state index contributed by atoms with van der Waals surface area (Å²) in [6.45, 7) is 2.49. The van der Waals surface area contributed by atoms with Crippen molar-refractivity contribution in [2.75, 3.05) is 19.8 Å². The van der Waals surface area contributed by atoms with Crippen LogP contribution in [0.1, 0.15) is 149 Å². The second-order valence-electron chi connectivity index (χ2n) is 17.5. The van der Waals surface area contributed by atoms with Gasteiger partial charge in [-0.2, -0.15) is 0 Å². The van der Waals surface area contributed by atoms with Crippen molar-refractivity contribution in [1.82, 2.24) is 5.32 Å². The normalized spacial score (nSPS) is 27.3. The Labute approximate surface area is 401 Å². The van der Waals surface area contributed by atoms with Gasteiger partial charge in [-0.3, -0.25) is 4.79 Å². The van der Waals surface area contributed by atoms with Crippen LogP contribution in [-0.4, -0.2) is 140 Å². The second kappa shape index (κ2) is 39.0. The lowest BCUT2D eigenvalue weighted by molar-refractivity contribution is -0.359. The van der Waals surface area contributed by atoms with Gasteiger partial charge in [0.25, 0.3) is 0 Å². The van der Waals surface area contributed by atoms with E-state index in [2.05, 4.69) is 92.1 Å². The first kappa shape index (κ1) is 60.3. The van der Waals surface area contributed by atoms with Gasteiger partial charge in [-0.15, -0.1) is 0 Å². The highest BCUT2D eigenvalue weighted by atomic mass is 16.7. The van der Waals surface area contributed by atoms with E-state index in [1.165, 1.54) is 38.5 Å². The lowest BCUT2D eigenvalue weighted by Crippen LogP contribution is -2.65. The monoisotopic (exact) mass is 948 g/mol. The average Bonchev–Trinajstić information content (AvgIpc) is 3.32. The number of hydrogen-bond donors (Lipinski definition) is 9. The molecule has 384 valence electrons. The SMILES string of the molecule is CC/C=C\C/C=C\C/C=C\C/C=C\CCCCCCCCCCCCC(=O)NC(COC1OC(CO)C(OC2OC(CO)C(O)C(O)C2O)C(O)C1O)C(O)/C=C/CC/C=C/CC/C=C/CC. The number of hydrogen-bond acceptors (Lipinski definition) is 13. The highest BCUT2D eigenvalue weighted by Crippen LogP contribution is 2.30. The summed E-state index contributed by atoms with van der Waals surface area (Å²) in [5, 5.41) is 86.5. The highest BCUT2D eigenvalue weighted by Gasteiger charge is 2.51. The number of unbranched alkanes of at least 4 members (excludes halogenated alkanes) is 12. The van der Waals surface area contributed by atoms with Crippen molar-refractivity contribution < 1.29 is 64.6 Å². The Kier molecular flexibility index (Phi) is 35.1. The van der Waals surface area contributed by atoms with Crippen molar-refractivity contribution in [3.63, 3.8) is 0 Å². The molecule has 0 aliphatic carbocycles. The van der Waals surface area contributed by atoms with Crippen molar-refractivity contribution >= 4 is 5.91 Å². The molecule has 0 aromatic heterocycles. The van der Waals surface area contributed by atoms with E-state index in [0.29, 0.717) is 12.8 Å². The molecule has 0 aromatic carbocycles. The van der Waals surface area contributed by atoms with Crippen LogP contribution in [-0.2, 0) is 23.7 Å². The zero-order valence-electron chi connectivity index (χ0n) is 40.6. The fraction of sp³-hybridized carbons (Fsp3) is 0.717. The van der Waals surface area contributed by atoms with Gasteiger partial charge in [0.1, 0.15) is 48.8 Å². The van der Waals surface area contributed by atoms with Crippen LogP contribution in [0, 0.1) is 0 Å². The lowest BCUT2D eigenvalue weighted by Gasteiger charge is -2.46. The summed E-state index contributed by atoms with van der Waals surface area (Å²) in [7, 11) is 0. The first-order valence-corrected chi connectivity index (χ1v) is 25.3. The van der Waals surface area contributed by atoms with E-state index < -0.39 is 86.8 Å². The number of rotatable bonds is 37. The first-order valence-electron chi connectivity index (χ1n) is 25.3. The highest BCUT2D eigenvalue weighted by molar-refractivity contribution is 5.76. The van der Waals surface area contributed by atoms with E-state index in [0.717, 1.165) is 77.0 Å². The Morgan fingerprint density at radius 2 is 1.00 bits per heavy atom. The standard InChI is InChI=1S/C53H89NO13/c1-3-5-7-9-11-13-15-16-17-18-19-20-21-22-23-24-25-26-27-29-31-33-35-37-45(58)54-41(42(57)36-34-32-30-28-14-12-10-8-6-4-2)40-64-52-50(63)48(61)51(44(39-56)66-52)67-53-49(62)47(60)46(59)43(38-55)65-53/h5-8,11,13-14,16-17,19-20,28,34,36,41-44,46-53,55-57,59-63H,3-4,9-10,12,15,18,21-27,29-33,35,37-40H2,1-2H3,(H,54,58)/b7-5-,8-6+,13-11-,17-16-,20-19-,28-14+,36-34+. The van der Waals surface area contributed by atoms with Crippen molar-refractivity contribution in [3.05, 3.63) is 85.1 Å². The maximum absolute atomic E-state index is 13.2. The minimum Gasteiger partial charge on any atom is -0.394 e. The van der Waals surface area contributed by atoms with E-state index in [4.69, 9.17) is 18.9 Å². The molecule has 0 saturated carbocycles. The molecule has 2 rings (SSSR count). The van der Waals surface area contributed by atoms with Crippen LogP contribution in [0.15, 0.2) is 85.1 Å². The predicted octanol–water partition coefficient (Wildman–Crippen LogP) is 6.60. The number of aliphatic hydroxyl groups excluding tert-OH is 8. The molecule has 9 N–H and O–H groups in total. The molecule has 2 fully saturated rings. The van der Waals surface area contributed by atoms with Gasteiger partial charge in [0.05, 0.1) is 32.0 Å². The average molecular weight is 948 g/mol. The van der Waals surface area contributed by atoms with Gasteiger partial charge >= 0.3 is 0 Å². The summed E-state index contributed by atoms with van der Waals surface area (Å²) in [5.74, 6) is -0.266. The molecular weight excluding hydrogens is 859 g/mol. The number of carbonyl (C=O) groups is 1. The van der Waals surface area contributed by atoms with Crippen LogP contribution in [0.25, 0.3) is 0 Å². The topological polar surface area (TPSA) is 228 Å². The zero-order valence-corrected chi connectivity index (χ0v) is 40.6. The van der Waals surface area contributed by atoms with E-state index in [9.17, 15) is 45.6 Å². The van der Waals surface area contributed by atoms with Crippen molar-refractivity contribution in [3.8, 4) is 0 Å². The van der Waals surface area contributed by atoms with Gasteiger partial charge in [0.15, 0.2) is 12.6 Å². The van der Waals surface area contributed by atoms with Crippen LogP contribution in [0.5, 0.6) is 0 Å². The molecule has 2 aliphatic heterocycles. The van der Waals surface area contributed by atoms with Crippen molar-refractivity contribution in [2.24, 2.45) is 0 Å². The Bertz CT molecular complexity index is 1450. The quantitative estimate of drug-likeness (QED) is 0.0237. The zero-order chi connectivity index (χ0) is 48.9. The van der Waals surface area contributed by atoms with Crippen LogP contribution < -0.4 is 5.32 Å². The molecule has 2 saturated heterocycles. The number of aliphatic hydroxyl groups is 8. The summed E-state index contributed by atoms with van der Waals surface area (Å²) >= 11 is 0. The van der Waals surface area contributed by atoms with E-state index in [1.54, 1.807) is 6.08 Å². The Morgan fingerprint density at radius 1 is 0.537 bits per heavy atom. The first-order chi connectivity index (χ1) is 32.6. The molecule has 67 heavy (non-hydrogen) atoms. The smallest absolute Gasteiger partial charge is 0.220 e. The van der Waals surface area contributed by atoms with E-state index >= 15 is 0 Å². The lowest BCUT2D eigenvalue weighted by atomic mass is 9.97. The molecule has 12 atom stereocenters. The second-order valence-corrected chi connectivity index (χ2v) is 17.5. The number of allylic oxidation sites excluding steroid dienone is 13. The molecule has 1 amide bonds. The third kappa shape index (κ3) is 26.1. The third-order valence-electron chi connectivity index (χ3n) is 11.8. The van der Waals surface area contributed by atoms with E-state index in [1.807, 2.05) is 6.08 Å². The van der Waals surface area contributed by atoms with Gasteiger partial charge in [-0.25, -0.2) is 0 Å². The number of ether oxygens (including phenoxy) is 4. The van der Waals surface area contributed by atoms with Crippen LogP contribution >= 0.6 is 0 Å². The summed E-state index contributed by atoms with van der Waals surface area (Å²) < 4.78 is 22.6. The molecule has 14 heteroatoms. The van der Waals surface area contributed by atoms with Gasteiger partial charge in [0.2, 0.25) is 5.91 Å². The maximum Gasteiger partial charge on any atom is 0.220 e. The van der Waals surface area contributed by atoms with Crippen molar-refractivity contribution in [2.45, 2.75) is 222 Å². The van der Waals surface area contributed by atoms with Gasteiger partial charge in [-0.1, -0.05) is 150 Å². The maximum atomic E-state index is 13.2. The molecular formula is C53H89NO13. The van der Waals surface area contributed by atoms with Crippen molar-refractivity contribution in [1.29, 1.82) is 0 Å². The molecule has 14 nitrogen and oxygen atoms in total. The summed E-state index contributed by atoms with van der Waals surface area (Å²) in [6, 6.07) is -0.942. The molecule has 0 spiro atoms. The predicted molar refractivity (Wildman–Crippen MR) is 263 cm³/mol.